The van der Waals surface area contributed by atoms with Crippen molar-refractivity contribution in [1.82, 2.24) is 26.2 Å². The molecule has 5 rings (SSSR count). The quantitative estimate of drug-likeness (QED) is 0.261. The number of benzene rings is 3. The Morgan fingerprint density at radius 1 is 0.878 bits per heavy atom. The number of amides is 5. The topological polar surface area (TPSA) is 157 Å². The van der Waals surface area contributed by atoms with Gasteiger partial charge in [0, 0.05) is 37.2 Å². The number of nitrogens with one attached hydrogen (secondary N) is 4. The van der Waals surface area contributed by atoms with Crippen LogP contribution in [0.5, 0.6) is 5.75 Å². The van der Waals surface area contributed by atoms with Gasteiger partial charge in [0.2, 0.25) is 17.7 Å². The molecule has 2 aliphatic rings. The molecule has 2 bridgehead atoms. The summed E-state index contributed by atoms with van der Waals surface area (Å²) < 4.78 is 13.7. The lowest BCUT2D eigenvalue weighted by Gasteiger charge is -2.25. The number of hydrogen-bond donors (Lipinski definition) is 5. The van der Waals surface area contributed by atoms with E-state index in [1.807, 2.05) is 44.2 Å². The molecule has 12 heteroatoms. The monoisotopic (exact) mass is 673 g/mol. The van der Waals surface area contributed by atoms with Crippen LogP contribution in [0.3, 0.4) is 0 Å². The van der Waals surface area contributed by atoms with Crippen molar-refractivity contribution in [3.05, 3.63) is 101 Å². The number of fused-ring (bicyclic) bond motifs is 18. The van der Waals surface area contributed by atoms with Gasteiger partial charge in [0.25, 0.3) is 11.8 Å². The van der Waals surface area contributed by atoms with Crippen LogP contribution in [0.15, 0.2) is 72.8 Å². The standard InChI is InChI=1S/C37H44FN5O6/c1-23(2)19-30-35(47)40-24(3)33(45)39-17-7-8-18-43(37(49)28-15-16-29(38)32(44)21-28)22-26-11-13-27(14-12-26)34(46)41-31(36(48)42-30)20-25-9-5-4-6-10-25/h4-6,9-16,21,23-24,30-31,44H,7-8,17-20,22H2,1-3H3,(H,39,45)(H,40,47)(H,41,46)(H,42,48)/t24-,30+,31-/m1/s1. The first-order valence-corrected chi connectivity index (χ1v) is 16.5. The molecule has 2 aliphatic heterocycles. The number of aromatic hydroxyl groups is 1. The second-order valence-corrected chi connectivity index (χ2v) is 12.7. The summed E-state index contributed by atoms with van der Waals surface area (Å²) in [5, 5.41) is 21.0. The Bertz CT molecular complexity index is 1630. The van der Waals surface area contributed by atoms with Crippen LogP contribution < -0.4 is 21.3 Å². The maximum Gasteiger partial charge on any atom is 0.254 e. The summed E-state index contributed by atoms with van der Waals surface area (Å²) >= 11 is 0. The zero-order chi connectivity index (χ0) is 35.5. The lowest BCUT2D eigenvalue weighted by molar-refractivity contribution is -0.132. The van der Waals surface area contributed by atoms with Crippen molar-refractivity contribution in [2.75, 3.05) is 13.1 Å². The number of phenolic OH excluding ortho intramolecular Hbond substituents is 1. The highest BCUT2D eigenvalue weighted by atomic mass is 19.1. The average molecular weight is 674 g/mol. The number of carbonyl (C=O) groups excluding carboxylic acids is 5. The second-order valence-electron chi connectivity index (χ2n) is 12.7. The van der Waals surface area contributed by atoms with Gasteiger partial charge in [-0.2, -0.15) is 0 Å². The van der Waals surface area contributed by atoms with E-state index in [1.165, 1.54) is 6.07 Å². The Kier molecular flexibility index (Phi) is 12.9. The van der Waals surface area contributed by atoms with E-state index in [4.69, 9.17) is 0 Å². The highest BCUT2D eigenvalue weighted by Crippen LogP contribution is 2.20. The van der Waals surface area contributed by atoms with Crippen LogP contribution in [-0.4, -0.2) is 70.8 Å². The summed E-state index contributed by atoms with van der Waals surface area (Å²) in [6.45, 7) is 6.12. The first-order chi connectivity index (χ1) is 23.4. The molecule has 0 fully saturated rings. The van der Waals surface area contributed by atoms with Crippen LogP contribution >= 0.6 is 0 Å². The van der Waals surface area contributed by atoms with E-state index >= 15 is 0 Å². The molecule has 5 amide bonds. The minimum Gasteiger partial charge on any atom is -0.505 e. The first kappa shape index (κ1) is 36.6. The van der Waals surface area contributed by atoms with E-state index in [0.29, 0.717) is 24.8 Å². The van der Waals surface area contributed by atoms with Gasteiger partial charge < -0.3 is 31.3 Å². The predicted octanol–water partition coefficient (Wildman–Crippen LogP) is 3.46. The molecule has 0 radical (unpaired) electrons. The molecule has 260 valence electrons. The number of phenols is 1. The number of carbonyl (C=O) groups is 5. The van der Waals surface area contributed by atoms with Crippen LogP contribution in [0.1, 0.15) is 71.9 Å². The minimum absolute atomic E-state index is 0.0375. The molecule has 49 heavy (non-hydrogen) atoms. The third kappa shape index (κ3) is 10.6. The molecule has 0 spiro atoms. The molecule has 0 aliphatic carbocycles. The zero-order valence-corrected chi connectivity index (χ0v) is 28.0. The summed E-state index contributed by atoms with van der Waals surface area (Å²) in [7, 11) is 0. The van der Waals surface area contributed by atoms with Crippen molar-refractivity contribution >= 4 is 29.5 Å². The fourth-order valence-corrected chi connectivity index (χ4v) is 5.51. The van der Waals surface area contributed by atoms with Crippen molar-refractivity contribution in [2.24, 2.45) is 5.92 Å². The van der Waals surface area contributed by atoms with Gasteiger partial charge in [0.1, 0.15) is 18.1 Å². The van der Waals surface area contributed by atoms with Crippen LogP contribution in [0.2, 0.25) is 0 Å². The van der Waals surface area contributed by atoms with Crippen molar-refractivity contribution in [3.8, 4) is 5.75 Å². The number of nitrogens with zero attached hydrogens (tertiary/aromatic N) is 1. The molecular weight excluding hydrogens is 629 g/mol. The molecule has 0 unspecified atom stereocenters. The van der Waals surface area contributed by atoms with Crippen LogP contribution in [-0.2, 0) is 27.3 Å². The highest BCUT2D eigenvalue weighted by Gasteiger charge is 2.29. The summed E-state index contributed by atoms with van der Waals surface area (Å²) in [4.78, 5) is 68.4. The Morgan fingerprint density at radius 3 is 2.24 bits per heavy atom. The summed E-state index contributed by atoms with van der Waals surface area (Å²) in [6.07, 6.45) is 1.50. The fourth-order valence-electron chi connectivity index (χ4n) is 5.51. The van der Waals surface area contributed by atoms with Crippen LogP contribution in [0.25, 0.3) is 0 Å². The van der Waals surface area contributed by atoms with E-state index in [9.17, 15) is 33.5 Å². The average Bonchev–Trinajstić information content (AvgIpc) is 3.07. The van der Waals surface area contributed by atoms with Gasteiger partial charge in [-0.05, 0) is 73.6 Å². The third-order valence-electron chi connectivity index (χ3n) is 8.22. The van der Waals surface area contributed by atoms with Crippen molar-refractivity contribution in [1.29, 1.82) is 0 Å². The zero-order valence-electron chi connectivity index (χ0n) is 28.0. The molecule has 0 aromatic heterocycles. The number of hydrogen-bond acceptors (Lipinski definition) is 6. The van der Waals surface area contributed by atoms with E-state index < -0.39 is 59.2 Å². The largest absolute Gasteiger partial charge is 0.505 e. The molecule has 11 nitrogen and oxygen atoms in total. The summed E-state index contributed by atoms with van der Waals surface area (Å²) in [5.41, 5.74) is 1.91. The Morgan fingerprint density at radius 2 is 1.57 bits per heavy atom. The summed E-state index contributed by atoms with van der Waals surface area (Å²) in [5.74, 6) is -3.83. The van der Waals surface area contributed by atoms with Gasteiger partial charge in [-0.1, -0.05) is 56.3 Å². The van der Waals surface area contributed by atoms with E-state index in [-0.39, 0.29) is 43.1 Å². The normalized spacial score (nSPS) is 20.1. The second kappa shape index (κ2) is 17.2. The first-order valence-electron chi connectivity index (χ1n) is 16.5. The molecule has 0 saturated carbocycles. The maximum atomic E-state index is 13.7. The molecule has 0 saturated heterocycles. The lowest BCUT2D eigenvalue weighted by Crippen LogP contribution is -2.57. The van der Waals surface area contributed by atoms with Gasteiger partial charge in [-0.25, -0.2) is 4.39 Å². The molecule has 3 atom stereocenters. The maximum absolute atomic E-state index is 13.7. The van der Waals surface area contributed by atoms with Gasteiger partial charge in [0.15, 0.2) is 11.6 Å². The highest BCUT2D eigenvalue weighted by molar-refractivity contribution is 5.99. The molecule has 5 N–H and O–H groups in total. The van der Waals surface area contributed by atoms with Crippen molar-refractivity contribution in [3.63, 3.8) is 0 Å². The van der Waals surface area contributed by atoms with Gasteiger partial charge in [0.05, 0.1) is 0 Å². The van der Waals surface area contributed by atoms with Gasteiger partial charge in [-0.3, -0.25) is 24.0 Å². The molecule has 2 heterocycles. The van der Waals surface area contributed by atoms with Crippen molar-refractivity contribution < 1.29 is 33.5 Å². The molecule has 3 aromatic carbocycles. The Balaban J connectivity index is 1.63. The molecular formula is C37H44FN5O6. The van der Waals surface area contributed by atoms with Gasteiger partial charge in [-0.15, -0.1) is 0 Å². The molecule has 3 aromatic rings. The Hall–Kier alpha value is -5.26. The van der Waals surface area contributed by atoms with E-state index in [1.54, 1.807) is 36.1 Å². The van der Waals surface area contributed by atoms with Crippen molar-refractivity contribution in [2.45, 2.75) is 71.1 Å². The Labute approximate surface area is 285 Å². The smallest absolute Gasteiger partial charge is 0.254 e. The fraction of sp³-hybridized carbons (Fsp3) is 0.378. The number of halogens is 1. The SMILES string of the molecule is CC(C)C[C@@H]1NC(=O)[C@@H](Cc2ccccc2)NC(=O)c2ccc(cc2)CN(C(=O)c2ccc(F)c(O)c2)CCCCNC(=O)[C@@H](C)NC1=O. The lowest BCUT2D eigenvalue weighted by atomic mass is 10.0. The third-order valence-corrected chi connectivity index (χ3v) is 8.22. The predicted molar refractivity (Wildman–Crippen MR) is 182 cm³/mol. The van der Waals surface area contributed by atoms with E-state index in [0.717, 1.165) is 17.7 Å². The summed E-state index contributed by atoms with van der Waals surface area (Å²) in [6, 6.07) is 16.3. The van der Waals surface area contributed by atoms with Crippen LogP contribution in [0.4, 0.5) is 4.39 Å². The minimum atomic E-state index is -1.02. The van der Waals surface area contributed by atoms with Crippen LogP contribution in [0, 0.1) is 11.7 Å². The van der Waals surface area contributed by atoms with E-state index in [2.05, 4.69) is 21.3 Å². The van der Waals surface area contributed by atoms with Gasteiger partial charge >= 0.3 is 0 Å². The number of rotatable bonds is 5.